The molecule has 0 saturated carbocycles. The molecule has 0 aliphatic carbocycles. The van der Waals surface area contributed by atoms with Gasteiger partial charge in [-0.1, -0.05) is 0 Å². The number of carboxylic acid groups (broad SMARTS) is 1. The number of carbonyl (C=O) groups excluding carboxylic acids is 1. The maximum Gasteiger partial charge on any atom is 0.326 e. The van der Waals surface area contributed by atoms with Crippen molar-refractivity contribution in [3.05, 3.63) is 17.5 Å². The van der Waals surface area contributed by atoms with Gasteiger partial charge in [-0.15, -0.1) is 0 Å². The quantitative estimate of drug-likeness (QED) is 0.632. The molecule has 3 N–H and O–H groups in total. The molecule has 1 atom stereocenters. The molecule has 94 valence electrons. The second-order valence-electron chi connectivity index (χ2n) is 3.67. The Labute approximate surface area is 98.1 Å². The highest BCUT2D eigenvalue weighted by Crippen LogP contribution is 2.03. The van der Waals surface area contributed by atoms with Gasteiger partial charge in [0.2, 0.25) is 0 Å². The van der Waals surface area contributed by atoms with Gasteiger partial charge in [-0.2, -0.15) is 5.10 Å². The molecule has 0 aromatic carbocycles. The van der Waals surface area contributed by atoms with Crippen LogP contribution in [0.25, 0.3) is 0 Å². The fourth-order valence-electron chi connectivity index (χ4n) is 1.44. The van der Waals surface area contributed by atoms with Gasteiger partial charge in [0.1, 0.15) is 11.7 Å². The van der Waals surface area contributed by atoms with E-state index in [0.717, 1.165) is 0 Å². The number of hydrogen-bond donors (Lipinski definition) is 3. The van der Waals surface area contributed by atoms with Crippen LogP contribution in [0.3, 0.4) is 0 Å². The van der Waals surface area contributed by atoms with E-state index in [1.54, 1.807) is 20.0 Å². The monoisotopic (exact) mass is 241 g/mol. The summed E-state index contributed by atoms with van der Waals surface area (Å²) in [7, 11) is 1.60. The zero-order valence-corrected chi connectivity index (χ0v) is 9.67. The Morgan fingerprint density at radius 1 is 1.59 bits per heavy atom. The number of nitrogens with one attached hydrogen (secondary N) is 1. The molecule has 0 saturated heterocycles. The third kappa shape index (κ3) is 3.28. The Morgan fingerprint density at radius 3 is 2.65 bits per heavy atom. The molecule has 7 nitrogen and oxygen atoms in total. The topological polar surface area (TPSA) is 104 Å². The molecule has 0 aliphatic heterocycles. The molecule has 1 aromatic rings. The van der Waals surface area contributed by atoms with Gasteiger partial charge in [-0.3, -0.25) is 9.48 Å². The summed E-state index contributed by atoms with van der Waals surface area (Å²) in [5.74, 6) is -1.69. The van der Waals surface area contributed by atoms with Gasteiger partial charge >= 0.3 is 5.97 Å². The molecule has 1 unspecified atom stereocenters. The number of hydrogen-bond acceptors (Lipinski definition) is 4. The molecule has 0 aliphatic rings. The highest BCUT2D eigenvalue weighted by molar-refractivity contribution is 5.95. The lowest BCUT2D eigenvalue weighted by atomic mass is 10.2. The van der Waals surface area contributed by atoms with E-state index in [4.69, 9.17) is 10.2 Å². The summed E-state index contributed by atoms with van der Waals surface area (Å²) >= 11 is 0. The molecule has 17 heavy (non-hydrogen) atoms. The fraction of sp³-hybridized carbons (Fsp3) is 0.500. The van der Waals surface area contributed by atoms with Gasteiger partial charge in [-0.25, -0.2) is 4.79 Å². The lowest BCUT2D eigenvalue weighted by molar-refractivity contribution is -0.139. The second kappa shape index (κ2) is 5.44. The number of carboxylic acids is 1. The first kappa shape index (κ1) is 13.2. The van der Waals surface area contributed by atoms with Crippen LogP contribution in [0, 0.1) is 6.92 Å². The average Bonchev–Trinajstić information content (AvgIpc) is 2.57. The van der Waals surface area contributed by atoms with E-state index in [2.05, 4.69) is 10.4 Å². The standard InChI is InChI=1S/C10H15N3O4/c1-6-5-8(13(2)12-6)9(15)11-7(3-4-14)10(16)17/h5,7,14H,3-4H2,1-2H3,(H,11,15)(H,16,17). The number of amides is 1. The first-order valence-corrected chi connectivity index (χ1v) is 5.11. The molecule has 0 bridgehead atoms. The third-order valence-corrected chi connectivity index (χ3v) is 2.26. The second-order valence-corrected chi connectivity index (χ2v) is 3.67. The molecule has 0 fully saturated rings. The highest BCUT2D eigenvalue weighted by atomic mass is 16.4. The number of carbonyl (C=O) groups is 2. The lowest BCUT2D eigenvalue weighted by Crippen LogP contribution is -2.42. The van der Waals surface area contributed by atoms with E-state index in [1.807, 2.05) is 0 Å². The summed E-state index contributed by atoms with van der Waals surface area (Å²) in [5, 5.41) is 23.8. The van der Waals surface area contributed by atoms with Crippen LogP contribution in [0.15, 0.2) is 6.07 Å². The van der Waals surface area contributed by atoms with Crippen molar-refractivity contribution in [2.24, 2.45) is 7.05 Å². The summed E-state index contributed by atoms with van der Waals surface area (Å²) in [6.07, 6.45) is -0.0299. The number of aromatic nitrogens is 2. The maximum absolute atomic E-state index is 11.8. The maximum atomic E-state index is 11.8. The first-order chi connectivity index (χ1) is 7.95. The van der Waals surface area contributed by atoms with Crippen molar-refractivity contribution >= 4 is 11.9 Å². The number of aliphatic carboxylic acids is 1. The lowest BCUT2D eigenvalue weighted by Gasteiger charge is -2.12. The van der Waals surface area contributed by atoms with Crippen LogP contribution >= 0.6 is 0 Å². The van der Waals surface area contributed by atoms with Crippen molar-refractivity contribution in [2.45, 2.75) is 19.4 Å². The van der Waals surface area contributed by atoms with Gasteiger partial charge in [0, 0.05) is 20.1 Å². The Balaban J connectivity index is 2.77. The zero-order valence-electron chi connectivity index (χ0n) is 9.67. The Hall–Kier alpha value is -1.89. The molecule has 1 rings (SSSR count). The van der Waals surface area contributed by atoms with E-state index < -0.39 is 17.9 Å². The zero-order chi connectivity index (χ0) is 13.0. The minimum Gasteiger partial charge on any atom is -0.480 e. The van der Waals surface area contributed by atoms with E-state index in [0.29, 0.717) is 5.69 Å². The SMILES string of the molecule is Cc1cc(C(=O)NC(CCO)C(=O)O)n(C)n1. The van der Waals surface area contributed by atoms with Crippen molar-refractivity contribution in [3.8, 4) is 0 Å². The predicted octanol–water partition coefficient (Wildman–Crippen LogP) is -0.706. The fourth-order valence-corrected chi connectivity index (χ4v) is 1.44. The number of rotatable bonds is 5. The highest BCUT2D eigenvalue weighted by Gasteiger charge is 2.21. The van der Waals surface area contributed by atoms with Gasteiger partial charge in [0.25, 0.3) is 5.91 Å². The van der Waals surface area contributed by atoms with Gasteiger partial charge in [0.05, 0.1) is 5.69 Å². The third-order valence-electron chi connectivity index (χ3n) is 2.26. The summed E-state index contributed by atoms with van der Waals surface area (Å²) in [6, 6.07) is 0.468. The summed E-state index contributed by atoms with van der Waals surface area (Å²) in [6.45, 7) is 1.43. The average molecular weight is 241 g/mol. The van der Waals surface area contributed by atoms with Crippen LogP contribution in [-0.2, 0) is 11.8 Å². The van der Waals surface area contributed by atoms with Crippen LogP contribution in [0.2, 0.25) is 0 Å². The van der Waals surface area contributed by atoms with Gasteiger partial charge in [-0.05, 0) is 13.0 Å². The van der Waals surface area contributed by atoms with Crippen LogP contribution in [0.4, 0.5) is 0 Å². The number of aliphatic hydroxyl groups is 1. The van der Waals surface area contributed by atoms with Crippen molar-refractivity contribution in [1.82, 2.24) is 15.1 Å². The van der Waals surface area contributed by atoms with Crippen LogP contribution in [0.1, 0.15) is 22.6 Å². The predicted molar refractivity (Wildman–Crippen MR) is 58.5 cm³/mol. The van der Waals surface area contributed by atoms with Crippen molar-refractivity contribution in [1.29, 1.82) is 0 Å². The molecule has 0 radical (unpaired) electrons. The number of aliphatic hydroxyl groups excluding tert-OH is 1. The van der Waals surface area contributed by atoms with Gasteiger partial charge in [0.15, 0.2) is 0 Å². The molecule has 1 amide bonds. The number of aryl methyl sites for hydroxylation is 2. The minimum absolute atomic E-state index is 0.0299. The van der Waals surface area contributed by atoms with E-state index in [9.17, 15) is 9.59 Å². The van der Waals surface area contributed by atoms with Crippen LogP contribution in [-0.4, -0.2) is 44.5 Å². The first-order valence-electron chi connectivity index (χ1n) is 5.11. The smallest absolute Gasteiger partial charge is 0.326 e. The Morgan fingerprint density at radius 2 is 2.24 bits per heavy atom. The van der Waals surface area contributed by atoms with E-state index >= 15 is 0 Å². The molecular formula is C10H15N3O4. The Bertz CT molecular complexity index is 427. The van der Waals surface area contributed by atoms with E-state index in [1.165, 1.54) is 4.68 Å². The Kier molecular flexibility index (Phi) is 4.22. The molecule has 0 spiro atoms. The molecule has 7 heteroatoms. The van der Waals surface area contributed by atoms with E-state index in [-0.39, 0.29) is 18.7 Å². The number of nitrogens with zero attached hydrogens (tertiary/aromatic N) is 2. The molecular weight excluding hydrogens is 226 g/mol. The summed E-state index contributed by atoms with van der Waals surface area (Å²) < 4.78 is 1.38. The largest absolute Gasteiger partial charge is 0.480 e. The van der Waals surface area contributed by atoms with Crippen LogP contribution < -0.4 is 5.32 Å². The van der Waals surface area contributed by atoms with Crippen LogP contribution in [0.5, 0.6) is 0 Å². The minimum atomic E-state index is -1.17. The van der Waals surface area contributed by atoms with Crippen molar-refractivity contribution < 1.29 is 19.8 Å². The summed E-state index contributed by atoms with van der Waals surface area (Å²) in [5.41, 5.74) is 0.957. The molecule has 1 aromatic heterocycles. The summed E-state index contributed by atoms with van der Waals surface area (Å²) in [4.78, 5) is 22.5. The van der Waals surface area contributed by atoms with Gasteiger partial charge < -0.3 is 15.5 Å². The normalized spacial score (nSPS) is 12.2. The molecule has 1 heterocycles. The van der Waals surface area contributed by atoms with Crippen molar-refractivity contribution in [3.63, 3.8) is 0 Å². The van der Waals surface area contributed by atoms with Crippen molar-refractivity contribution in [2.75, 3.05) is 6.61 Å².